The monoisotopic (exact) mass is 566 g/mol. The molecule has 0 fully saturated rings. The summed E-state index contributed by atoms with van der Waals surface area (Å²) < 4.78 is 33.5. The van der Waals surface area contributed by atoms with E-state index >= 15 is 0 Å². The summed E-state index contributed by atoms with van der Waals surface area (Å²) >= 11 is 0. The van der Waals surface area contributed by atoms with Crippen LogP contribution in [0.5, 0.6) is 0 Å². The van der Waals surface area contributed by atoms with Gasteiger partial charge in [-0.25, -0.2) is 4.57 Å². The summed E-state index contributed by atoms with van der Waals surface area (Å²) in [6, 6.07) is 0. The molecule has 10 heteroatoms. The molecule has 0 aliphatic rings. The first-order valence-corrected chi connectivity index (χ1v) is 16.3. The molecule has 0 heterocycles. The van der Waals surface area contributed by atoms with E-state index in [9.17, 15) is 19.0 Å². The van der Waals surface area contributed by atoms with Gasteiger partial charge in [0.15, 0.2) is 6.10 Å². The molecule has 0 amide bonds. The van der Waals surface area contributed by atoms with Crippen molar-refractivity contribution in [2.75, 3.05) is 47.5 Å². The molecule has 0 rings (SSSR count). The van der Waals surface area contributed by atoms with Gasteiger partial charge in [-0.05, 0) is 12.8 Å². The Morgan fingerprint density at radius 1 is 0.711 bits per heavy atom. The largest absolute Gasteiger partial charge is 0.472 e. The van der Waals surface area contributed by atoms with Crippen molar-refractivity contribution in [2.45, 2.75) is 123 Å². The van der Waals surface area contributed by atoms with Crippen molar-refractivity contribution in [1.29, 1.82) is 0 Å². The topological polar surface area (TPSA) is 108 Å². The fourth-order valence-corrected chi connectivity index (χ4v) is 4.46. The summed E-state index contributed by atoms with van der Waals surface area (Å²) in [5, 5.41) is 0. The number of nitrogens with zero attached hydrogens (tertiary/aromatic N) is 1. The third kappa shape index (κ3) is 25.3. The summed E-state index contributed by atoms with van der Waals surface area (Å²) in [7, 11) is 1.48. The summed E-state index contributed by atoms with van der Waals surface area (Å²) in [5.74, 6) is -0.827. The lowest BCUT2D eigenvalue weighted by atomic mass is 10.1. The van der Waals surface area contributed by atoms with Gasteiger partial charge in [0.2, 0.25) is 0 Å². The van der Waals surface area contributed by atoms with E-state index in [0.717, 1.165) is 32.1 Å². The second-order valence-corrected chi connectivity index (χ2v) is 12.6. The third-order valence-electron chi connectivity index (χ3n) is 6.14. The van der Waals surface area contributed by atoms with Gasteiger partial charge in [0.05, 0.1) is 27.7 Å². The molecule has 0 saturated heterocycles. The molecule has 0 aromatic rings. The lowest BCUT2D eigenvalue weighted by Crippen LogP contribution is -2.37. The van der Waals surface area contributed by atoms with Gasteiger partial charge < -0.3 is 18.9 Å². The van der Waals surface area contributed by atoms with E-state index in [1.807, 2.05) is 28.1 Å². The predicted octanol–water partition coefficient (Wildman–Crippen LogP) is 6.56. The maximum atomic E-state index is 12.2. The van der Waals surface area contributed by atoms with Crippen molar-refractivity contribution >= 4 is 19.8 Å². The number of phosphoric ester groups is 1. The number of carbonyl (C=O) groups excluding carboxylic acids is 2. The van der Waals surface area contributed by atoms with Crippen LogP contribution in [0.3, 0.4) is 0 Å². The highest BCUT2D eigenvalue weighted by Gasteiger charge is 2.27. The quantitative estimate of drug-likeness (QED) is 0.0543. The summed E-state index contributed by atoms with van der Waals surface area (Å²) in [5.41, 5.74) is 0. The second kappa shape index (κ2) is 22.8. The number of esters is 2. The van der Waals surface area contributed by atoms with Crippen LogP contribution in [0.2, 0.25) is 0 Å². The molecule has 0 bridgehead atoms. The molecular formula is C28H57NO8P+. The fraction of sp³-hybridized carbons (Fsp3) is 0.929. The molecule has 0 radical (unpaired) electrons. The van der Waals surface area contributed by atoms with Gasteiger partial charge in [0, 0.05) is 12.8 Å². The third-order valence-corrected chi connectivity index (χ3v) is 7.12. The van der Waals surface area contributed by atoms with E-state index in [1.165, 1.54) is 51.4 Å². The number of rotatable bonds is 26. The molecule has 9 nitrogen and oxygen atoms in total. The van der Waals surface area contributed by atoms with Crippen LogP contribution in [0.15, 0.2) is 0 Å². The molecule has 226 valence electrons. The van der Waals surface area contributed by atoms with E-state index < -0.39 is 26.5 Å². The number of phosphoric acid groups is 1. The van der Waals surface area contributed by atoms with Crippen molar-refractivity contribution < 1.29 is 42.1 Å². The van der Waals surface area contributed by atoms with Crippen molar-refractivity contribution in [3.63, 3.8) is 0 Å². The highest BCUT2D eigenvalue weighted by Crippen LogP contribution is 2.43. The Bertz CT molecular complexity index is 653. The number of ether oxygens (including phenoxy) is 2. The van der Waals surface area contributed by atoms with Crippen LogP contribution < -0.4 is 0 Å². The average Bonchev–Trinajstić information content (AvgIpc) is 2.83. The Morgan fingerprint density at radius 3 is 1.74 bits per heavy atom. The van der Waals surface area contributed by atoms with Gasteiger partial charge in [-0.2, -0.15) is 0 Å². The summed E-state index contributed by atoms with van der Waals surface area (Å²) in [4.78, 5) is 34.4. The summed E-state index contributed by atoms with van der Waals surface area (Å²) in [6.45, 7) is 4.19. The zero-order valence-corrected chi connectivity index (χ0v) is 25.8. The first kappa shape index (κ1) is 37.0. The molecule has 1 N–H and O–H groups in total. The number of likely N-dealkylation sites (N-methyl/N-ethyl adjacent to an activating group) is 1. The van der Waals surface area contributed by atoms with Crippen LogP contribution in [0.4, 0.5) is 0 Å². The van der Waals surface area contributed by atoms with Crippen molar-refractivity contribution in [2.24, 2.45) is 0 Å². The van der Waals surface area contributed by atoms with Crippen LogP contribution in [-0.4, -0.2) is 74.9 Å². The molecule has 0 aromatic carbocycles. The van der Waals surface area contributed by atoms with Crippen LogP contribution in [0, 0.1) is 0 Å². The maximum absolute atomic E-state index is 12.2. The molecule has 0 saturated carbocycles. The Balaban J connectivity index is 4.36. The zero-order chi connectivity index (χ0) is 28.7. The normalized spacial score (nSPS) is 14.2. The lowest BCUT2D eigenvalue weighted by molar-refractivity contribution is -0.870. The second-order valence-electron chi connectivity index (χ2n) is 11.1. The number of unbranched alkanes of at least 4 members (excludes halogenated alkanes) is 12. The Morgan fingerprint density at radius 2 is 1.18 bits per heavy atom. The van der Waals surface area contributed by atoms with E-state index in [4.69, 9.17) is 18.5 Å². The zero-order valence-electron chi connectivity index (χ0n) is 24.9. The van der Waals surface area contributed by atoms with Gasteiger partial charge in [-0.15, -0.1) is 0 Å². The Hall–Kier alpha value is -0.990. The smallest absolute Gasteiger partial charge is 0.462 e. The molecule has 0 aliphatic carbocycles. The van der Waals surface area contributed by atoms with Crippen LogP contribution in [-0.2, 0) is 32.7 Å². The lowest BCUT2D eigenvalue weighted by Gasteiger charge is -2.24. The maximum Gasteiger partial charge on any atom is 0.472 e. The van der Waals surface area contributed by atoms with Gasteiger partial charge in [-0.1, -0.05) is 90.9 Å². The van der Waals surface area contributed by atoms with Crippen molar-refractivity contribution in [3.8, 4) is 0 Å². The molecular weight excluding hydrogens is 509 g/mol. The number of carbonyl (C=O) groups is 2. The van der Waals surface area contributed by atoms with Gasteiger partial charge >= 0.3 is 19.8 Å². The van der Waals surface area contributed by atoms with Gasteiger partial charge in [0.1, 0.15) is 19.8 Å². The highest BCUT2D eigenvalue weighted by atomic mass is 31.2. The molecule has 2 atom stereocenters. The minimum Gasteiger partial charge on any atom is -0.462 e. The van der Waals surface area contributed by atoms with Crippen LogP contribution in [0.1, 0.15) is 117 Å². The fourth-order valence-electron chi connectivity index (χ4n) is 3.72. The number of quaternary nitrogens is 1. The van der Waals surface area contributed by atoms with Crippen LogP contribution >= 0.6 is 7.82 Å². The Kier molecular flexibility index (Phi) is 22.2. The van der Waals surface area contributed by atoms with E-state index in [2.05, 4.69) is 6.92 Å². The predicted molar refractivity (Wildman–Crippen MR) is 151 cm³/mol. The first-order chi connectivity index (χ1) is 18.0. The van der Waals surface area contributed by atoms with Gasteiger partial charge in [0.25, 0.3) is 0 Å². The summed E-state index contributed by atoms with van der Waals surface area (Å²) in [6.07, 6.45) is 15.2. The van der Waals surface area contributed by atoms with Crippen LogP contribution in [0.25, 0.3) is 0 Å². The molecule has 0 aliphatic heterocycles. The molecule has 1 unspecified atom stereocenters. The van der Waals surface area contributed by atoms with Crippen molar-refractivity contribution in [3.05, 3.63) is 0 Å². The molecule has 0 aromatic heterocycles. The standard InChI is InChI=1S/C28H56NO8P/c1-6-8-10-11-12-13-14-15-16-17-19-20-27(30)34-24-26(37-28(31)21-18-9-7-2)25-36-38(32,33)35-23-22-29(3,4)5/h26H,6-25H2,1-5H3/p+1/t26-/m1/s1. The highest BCUT2D eigenvalue weighted by molar-refractivity contribution is 7.47. The minimum atomic E-state index is -4.33. The van der Waals surface area contributed by atoms with E-state index in [-0.39, 0.29) is 25.6 Å². The average molecular weight is 567 g/mol. The number of hydrogen-bond donors (Lipinski definition) is 1. The van der Waals surface area contributed by atoms with Crippen molar-refractivity contribution in [1.82, 2.24) is 0 Å². The Labute approximate surface area is 232 Å². The SMILES string of the molecule is CCCCCCCCCCCCCC(=O)OC[C@H](COP(=O)(O)OCC[N+](C)(C)C)OC(=O)CCCCC. The number of hydrogen-bond acceptors (Lipinski definition) is 7. The molecule has 0 spiro atoms. The first-order valence-electron chi connectivity index (χ1n) is 14.8. The minimum absolute atomic E-state index is 0.0344. The van der Waals surface area contributed by atoms with E-state index in [1.54, 1.807) is 0 Å². The van der Waals surface area contributed by atoms with Gasteiger partial charge in [-0.3, -0.25) is 18.6 Å². The molecule has 38 heavy (non-hydrogen) atoms. The van der Waals surface area contributed by atoms with E-state index in [0.29, 0.717) is 23.9 Å².